The van der Waals surface area contributed by atoms with Gasteiger partial charge in [0, 0.05) is 12.8 Å². The lowest BCUT2D eigenvalue weighted by molar-refractivity contribution is -0.115. The van der Waals surface area contributed by atoms with Crippen molar-refractivity contribution in [1.29, 1.82) is 0 Å². The SMILES string of the molecule is CCC(=O)Nc1ccc2nc(CC)n(Cc3ccc(-c4ccccc4C(=O)O)cc3)c2n1. The fraction of sp³-hybridized carbons (Fsp3) is 0.200. The van der Waals surface area contributed by atoms with Crippen molar-refractivity contribution in [3.8, 4) is 11.1 Å². The molecule has 0 atom stereocenters. The molecule has 4 aromatic rings. The van der Waals surface area contributed by atoms with Crippen molar-refractivity contribution in [1.82, 2.24) is 14.5 Å². The normalized spacial score (nSPS) is 10.9. The Morgan fingerprint density at radius 1 is 0.969 bits per heavy atom. The van der Waals surface area contributed by atoms with E-state index in [2.05, 4.69) is 19.9 Å². The summed E-state index contributed by atoms with van der Waals surface area (Å²) in [6.45, 7) is 4.41. The fourth-order valence-corrected chi connectivity index (χ4v) is 3.68. The number of hydrogen-bond acceptors (Lipinski definition) is 4. The third-order valence-corrected chi connectivity index (χ3v) is 5.34. The van der Waals surface area contributed by atoms with E-state index in [1.54, 1.807) is 25.1 Å². The van der Waals surface area contributed by atoms with Crippen molar-refractivity contribution in [2.45, 2.75) is 33.2 Å². The Balaban J connectivity index is 1.66. The Morgan fingerprint density at radius 2 is 1.72 bits per heavy atom. The Morgan fingerprint density at radius 3 is 2.41 bits per heavy atom. The molecular formula is C25H24N4O3. The van der Waals surface area contributed by atoms with Gasteiger partial charge in [-0.1, -0.05) is 56.3 Å². The van der Waals surface area contributed by atoms with Gasteiger partial charge < -0.3 is 15.0 Å². The number of fused-ring (bicyclic) bond motifs is 1. The number of pyridine rings is 1. The van der Waals surface area contributed by atoms with E-state index in [0.717, 1.165) is 34.5 Å². The van der Waals surface area contributed by atoms with Crippen LogP contribution < -0.4 is 5.32 Å². The molecule has 32 heavy (non-hydrogen) atoms. The maximum absolute atomic E-state index is 11.8. The minimum absolute atomic E-state index is 0.0872. The molecule has 162 valence electrons. The zero-order chi connectivity index (χ0) is 22.7. The van der Waals surface area contributed by atoms with Crippen LogP contribution in [0.5, 0.6) is 0 Å². The van der Waals surface area contributed by atoms with Crippen LogP contribution in [-0.2, 0) is 17.8 Å². The number of anilines is 1. The van der Waals surface area contributed by atoms with Gasteiger partial charge >= 0.3 is 5.97 Å². The smallest absolute Gasteiger partial charge is 0.336 e. The van der Waals surface area contributed by atoms with Crippen LogP contribution in [0.15, 0.2) is 60.7 Å². The molecule has 2 heterocycles. The van der Waals surface area contributed by atoms with E-state index >= 15 is 0 Å². The summed E-state index contributed by atoms with van der Waals surface area (Å²) in [7, 11) is 0. The molecule has 2 N–H and O–H groups in total. The number of aryl methyl sites for hydroxylation is 1. The minimum atomic E-state index is -0.945. The molecule has 0 aliphatic heterocycles. The third-order valence-electron chi connectivity index (χ3n) is 5.34. The fourth-order valence-electron chi connectivity index (χ4n) is 3.68. The lowest BCUT2D eigenvalue weighted by atomic mass is 9.99. The van der Waals surface area contributed by atoms with E-state index in [1.807, 2.05) is 49.4 Å². The lowest BCUT2D eigenvalue weighted by Crippen LogP contribution is -2.11. The summed E-state index contributed by atoms with van der Waals surface area (Å²) in [5.41, 5.74) is 4.35. The number of nitrogens with one attached hydrogen (secondary N) is 1. The Hall–Kier alpha value is -4.00. The molecule has 0 radical (unpaired) electrons. The number of aromatic carboxylic acids is 1. The molecular weight excluding hydrogens is 404 g/mol. The van der Waals surface area contributed by atoms with Crippen LogP contribution >= 0.6 is 0 Å². The zero-order valence-corrected chi connectivity index (χ0v) is 18.0. The summed E-state index contributed by atoms with van der Waals surface area (Å²) in [6, 6.07) is 18.5. The van der Waals surface area contributed by atoms with Crippen molar-refractivity contribution >= 4 is 28.9 Å². The van der Waals surface area contributed by atoms with Gasteiger partial charge in [-0.25, -0.2) is 14.8 Å². The van der Waals surface area contributed by atoms with Crippen molar-refractivity contribution < 1.29 is 14.7 Å². The van der Waals surface area contributed by atoms with E-state index in [-0.39, 0.29) is 11.5 Å². The maximum atomic E-state index is 11.8. The summed E-state index contributed by atoms with van der Waals surface area (Å²) in [6.07, 6.45) is 1.13. The van der Waals surface area contributed by atoms with Gasteiger partial charge in [-0.15, -0.1) is 0 Å². The Bertz CT molecular complexity index is 1290. The summed E-state index contributed by atoms with van der Waals surface area (Å²) in [4.78, 5) is 32.6. The first-order chi connectivity index (χ1) is 15.5. The van der Waals surface area contributed by atoms with Crippen LogP contribution in [0.2, 0.25) is 0 Å². The molecule has 0 aliphatic carbocycles. The first-order valence-electron chi connectivity index (χ1n) is 10.6. The van der Waals surface area contributed by atoms with Crippen LogP contribution in [0, 0.1) is 0 Å². The van der Waals surface area contributed by atoms with Gasteiger partial charge in [0.25, 0.3) is 0 Å². The average molecular weight is 428 g/mol. The largest absolute Gasteiger partial charge is 0.478 e. The molecule has 4 rings (SSSR count). The molecule has 0 bridgehead atoms. The molecule has 1 amide bonds. The number of aromatic nitrogens is 3. The van der Waals surface area contributed by atoms with Gasteiger partial charge in [-0.3, -0.25) is 4.79 Å². The number of carboxylic acids is 1. The topological polar surface area (TPSA) is 97.1 Å². The second kappa shape index (κ2) is 9.01. The van der Waals surface area contributed by atoms with Crippen molar-refractivity contribution in [3.05, 3.63) is 77.6 Å². The molecule has 0 spiro atoms. The van der Waals surface area contributed by atoms with Gasteiger partial charge in [-0.2, -0.15) is 0 Å². The Labute approximate surface area is 185 Å². The van der Waals surface area contributed by atoms with Gasteiger partial charge in [0.2, 0.25) is 5.91 Å². The highest BCUT2D eigenvalue weighted by Crippen LogP contribution is 2.25. The van der Waals surface area contributed by atoms with Gasteiger partial charge in [0.15, 0.2) is 5.65 Å². The van der Waals surface area contributed by atoms with Crippen molar-refractivity contribution in [2.24, 2.45) is 0 Å². The molecule has 0 unspecified atom stereocenters. The predicted molar refractivity (Wildman–Crippen MR) is 124 cm³/mol. The number of imidazole rings is 1. The second-order valence-corrected chi connectivity index (χ2v) is 7.46. The molecule has 7 nitrogen and oxygen atoms in total. The molecule has 0 aliphatic rings. The van der Waals surface area contributed by atoms with Crippen LogP contribution in [-0.4, -0.2) is 31.5 Å². The number of nitrogens with zero attached hydrogens (tertiary/aromatic N) is 3. The first-order valence-corrected chi connectivity index (χ1v) is 10.6. The molecule has 0 saturated heterocycles. The monoisotopic (exact) mass is 428 g/mol. The van der Waals surface area contributed by atoms with Crippen LogP contribution in [0.1, 0.15) is 42.0 Å². The van der Waals surface area contributed by atoms with Gasteiger partial charge in [-0.05, 0) is 34.9 Å². The molecule has 2 aromatic heterocycles. The number of hydrogen-bond donors (Lipinski definition) is 2. The lowest BCUT2D eigenvalue weighted by Gasteiger charge is -2.11. The summed E-state index contributed by atoms with van der Waals surface area (Å²) < 4.78 is 2.05. The van der Waals surface area contributed by atoms with Crippen LogP contribution in [0.3, 0.4) is 0 Å². The Kier molecular flexibility index (Phi) is 5.98. The van der Waals surface area contributed by atoms with Gasteiger partial charge in [0.1, 0.15) is 17.2 Å². The van der Waals surface area contributed by atoms with E-state index in [9.17, 15) is 14.7 Å². The predicted octanol–water partition coefficient (Wildman–Crippen LogP) is 4.76. The standard InChI is InChI=1S/C25H24N4O3/c1-3-22-26-20-13-14-21(27-23(30)4-2)28-24(20)29(22)15-16-9-11-17(12-10-16)18-7-5-6-8-19(18)25(31)32/h5-14H,3-4,15H2,1-2H3,(H,31,32)(H,27,28,30). The van der Waals surface area contributed by atoms with Crippen LogP contribution in [0.4, 0.5) is 5.82 Å². The zero-order valence-electron chi connectivity index (χ0n) is 18.0. The highest BCUT2D eigenvalue weighted by molar-refractivity contribution is 5.96. The average Bonchev–Trinajstić information content (AvgIpc) is 3.16. The third kappa shape index (κ3) is 4.23. The number of carbonyl (C=O) groups excluding carboxylic acids is 1. The number of benzene rings is 2. The summed E-state index contributed by atoms with van der Waals surface area (Å²) in [5.74, 6) is 0.385. The van der Waals surface area contributed by atoms with Crippen molar-refractivity contribution in [2.75, 3.05) is 5.32 Å². The summed E-state index contributed by atoms with van der Waals surface area (Å²) >= 11 is 0. The van der Waals surface area contributed by atoms with E-state index in [0.29, 0.717) is 24.3 Å². The highest BCUT2D eigenvalue weighted by atomic mass is 16.4. The number of amides is 1. The van der Waals surface area contributed by atoms with E-state index < -0.39 is 5.97 Å². The second-order valence-electron chi connectivity index (χ2n) is 7.46. The number of carboxylic acid groups (broad SMARTS) is 1. The molecule has 0 fully saturated rings. The summed E-state index contributed by atoms with van der Waals surface area (Å²) in [5, 5.41) is 12.3. The molecule has 0 saturated carbocycles. The highest BCUT2D eigenvalue weighted by Gasteiger charge is 2.14. The van der Waals surface area contributed by atoms with Crippen LogP contribution in [0.25, 0.3) is 22.3 Å². The maximum Gasteiger partial charge on any atom is 0.336 e. The number of rotatable bonds is 7. The molecule has 7 heteroatoms. The minimum Gasteiger partial charge on any atom is -0.478 e. The van der Waals surface area contributed by atoms with Gasteiger partial charge in [0.05, 0.1) is 12.1 Å². The quantitative estimate of drug-likeness (QED) is 0.442. The van der Waals surface area contributed by atoms with Crippen molar-refractivity contribution in [3.63, 3.8) is 0 Å². The molecule has 2 aromatic carbocycles. The van der Waals surface area contributed by atoms with E-state index in [4.69, 9.17) is 0 Å². The number of carbonyl (C=O) groups is 2. The first kappa shape index (κ1) is 21.2. The van der Waals surface area contributed by atoms with E-state index in [1.165, 1.54) is 0 Å².